The van der Waals surface area contributed by atoms with Crippen LogP contribution in [-0.2, 0) is 4.74 Å². The number of carbonyl (C=O) groups excluding carboxylic acids is 1. The summed E-state index contributed by atoms with van der Waals surface area (Å²) in [6.45, 7) is 6.67. The van der Waals surface area contributed by atoms with Crippen LogP contribution in [0.5, 0.6) is 5.19 Å². The molecule has 0 atom stereocenters. The van der Waals surface area contributed by atoms with Gasteiger partial charge in [-0.05, 0) is 26.8 Å². The highest BCUT2D eigenvalue weighted by Crippen LogP contribution is 2.32. The summed E-state index contributed by atoms with van der Waals surface area (Å²) in [5, 5.41) is 11.3. The Kier molecular flexibility index (Phi) is 4.99. The zero-order chi connectivity index (χ0) is 18.9. The van der Waals surface area contributed by atoms with E-state index in [1.54, 1.807) is 11.0 Å². The van der Waals surface area contributed by atoms with Crippen molar-refractivity contribution in [2.24, 2.45) is 0 Å². The lowest BCUT2D eigenvalue weighted by molar-refractivity contribution is -0.384. The molecule has 0 bridgehead atoms. The predicted octanol–water partition coefficient (Wildman–Crippen LogP) is 3.98. The highest BCUT2D eigenvalue weighted by atomic mass is 32.1. The van der Waals surface area contributed by atoms with Crippen LogP contribution in [0.1, 0.15) is 33.6 Å². The van der Waals surface area contributed by atoms with Gasteiger partial charge in [0.1, 0.15) is 11.7 Å². The summed E-state index contributed by atoms with van der Waals surface area (Å²) in [6, 6.07) is 4.59. The predicted molar refractivity (Wildman–Crippen MR) is 97.7 cm³/mol. The van der Waals surface area contributed by atoms with E-state index in [-0.39, 0.29) is 17.9 Å². The van der Waals surface area contributed by atoms with E-state index in [9.17, 15) is 14.9 Å². The fourth-order valence-electron chi connectivity index (χ4n) is 2.68. The largest absolute Gasteiger partial charge is 0.467 e. The number of nitro groups is 1. The van der Waals surface area contributed by atoms with E-state index >= 15 is 0 Å². The molecule has 1 aromatic carbocycles. The lowest BCUT2D eigenvalue weighted by Gasteiger charge is -2.33. The molecular weight excluding hydrogens is 358 g/mol. The molecule has 8 nitrogen and oxygen atoms in total. The molecule has 0 unspecified atom stereocenters. The SMILES string of the molecule is CC(C)(C)OC(=O)N1CCC(Oc2nc3cc([N+](=O)[O-])ccc3s2)CC1. The molecule has 1 aromatic heterocycles. The molecule has 0 radical (unpaired) electrons. The second kappa shape index (κ2) is 7.06. The molecule has 1 aliphatic heterocycles. The van der Waals surface area contributed by atoms with E-state index < -0.39 is 10.5 Å². The fraction of sp³-hybridized carbons (Fsp3) is 0.529. The third kappa shape index (κ3) is 4.40. The summed E-state index contributed by atoms with van der Waals surface area (Å²) in [4.78, 5) is 28.5. The van der Waals surface area contributed by atoms with E-state index in [4.69, 9.17) is 9.47 Å². The molecule has 3 rings (SSSR count). The molecule has 0 saturated carbocycles. The third-order valence-electron chi connectivity index (χ3n) is 3.92. The van der Waals surface area contributed by atoms with Crippen LogP contribution in [-0.4, -0.2) is 45.7 Å². The lowest BCUT2D eigenvalue weighted by atomic mass is 10.1. The van der Waals surface area contributed by atoms with Gasteiger partial charge in [0.05, 0.1) is 15.1 Å². The van der Waals surface area contributed by atoms with Crippen molar-refractivity contribution in [3.8, 4) is 5.19 Å². The van der Waals surface area contributed by atoms with Crippen LogP contribution in [0.2, 0.25) is 0 Å². The maximum Gasteiger partial charge on any atom is 0.410 e. The normalized spacial score (nSPS) is 15.9. The third-order valence-corrected chi connectivity index (χ3v) is 4.85. The van der Waals surface area contributed by atoms with E-state index in [1.807, 2.05) is 20.8 Å². The number of aromatic nitrogens is 1. The van der Waals surface area contributed by atoms with Crippen molar-refractivity contribution in [2.75, 3.05) is 13.1 Å². The van der Waals surface area contributed by atoms with Gasteiger partial charge in [0, 0.05) is 38.1 Å². The van der Waals surface area contributed by atoms with E-state index in [2.05, 4.69) is 4.98 Å². The summed E-state index contributed by atoms with van der Waals surface area (Å²) in [5.74, 6) is 0. The van der Waals surface area contributed by atoms with Crippen LogP contribution in [0, 0.1) is 10.1 Å². The number of benzene rings is 1. The molecule has 2 aromatic rings. The van der Waals surface area contributed by atoms with Gasteiger partial charge in [0.2, 0.25) is 0 Å². The van der Waals surface area contributed by atoms with Crippen LogP contribution in [0.4, 0.5) is 10.5 Å². The second-order valence-electron chi connectivity index (χ2n) is 7.17. The van der Waals surface area contributed by atoms with Gasteiger partial charge in [-0.25, -0.2) is 9.78 Å². The maximum atomic E-state index is 12.1. The monoisotopic (exact) mass is 379 g/mol. The van der Waals surface area contributed by atoms with Crippen LogP contribution in [0.25, 0.3) is 10.2 Å². The lowest BCUT2D eigenvalue weighted by Crippen LogP contribution is -2.44. The number of ether oxygens (including phenoxy) is 2. The van der Waals surface area contributed by atoms with Crippen molar-refractivity contribution in [2.45, 2.75) is 45.3 Å². The number of hydrogen-bond donors (Lipinski definition) is 0. The molecule has 1 fully saturated rings. The molecule has 0 N–H and O–H groups in total. The minimum absolute atomic E-state index is 0.0139. The number of non-ortho nitro benzene ring substituents is 1. The Labute approximate surface area is 154 Å². The van der Waals surface area contributed by atoms with Gasteiger partial charge in [0.15, 0.2) is 0 Å². The minimum atomic E-state index is -0.506. The zero-order valence-electron chi connectivity index (χ0n) is 14.9. The standard InChI is InChI=1S/C17H21N3O5S/c1-17(2,3)25-16(21)19-8-6-12(7-9-19)24-15-18-13-10-11(20(22)23)4-5-14(13)26-15/h4-5,10,12H,6-9H2,1-3H3. The molecule has 1 saturated heterocycles. The number of thiazole rings is 1. The number of likely N-dealkylation sites (tertiary alicyclic amines) is 1. The number of piperidine rings is 1. The average molecular weight is 379 g/mol. The first-order valence-electron chi connectivity index (χ1n) is 8.41. The smallest absolute Gasteiger partial charge is 0.410 e. The highest BCUT2D eigenvalue weighted by Gasteiger charge is 2.28. The van der Waals surface area contributed by atoms with Gasteiger partial charge in [-0.15, -0.1) is 0 Å². The van der Waals surface area contributed by atoms with E-state index in [0.29, 0.717) is 36.6 Å². The number of nitro benzene ring substituents is 1. The van der Waals surface area contributed by atoms with Crippen LogP contribution in [0.15, 0.2) is 18.2 Å². The van der Waals surface area contributed by atoms with Crippen molar-refractivity contribution in [3.05, 3.63) is 28.3 Å². The van der Waals surface area contributed by atoms with Gasteiger partial charge in [-0.2, -0.15) is 0 Å². The maximum absolute atomic E-state index is 12.1. The van der Waals surface area contributed by atoms with Crippen LogP contribution < -0.4 is 4.74 Å². The molecule has 1 aliphatic rings. The summed E-state index contributed by atoms with van der Waals surface area (Å²) in [7, 11) is 0. The summed E-state index contributed by atoms with van der Waals surface area (Å²) < 4.78 is 12.2. The minimum Gasteiger partial charge on any atom is -0.467 e. The number of nitrogens with zero attached hydrogens (tertiary/aromatic N) is 3. The summed E-state index contributed by atoms with van der Waals surface area (Å²) in [6.07, 6.45) is 1.04. The fourth-order valence-corrected chi connectivity index (χ4v) is 3.55. The van der Waals surface area contributed by atoms with Gasteiger partial charge in [-0.1, -0.05) is 11.3 Å². The van der Waals surface area contributed by atoms with Crippen molar-refractivity contribution in [1.29, 1.82) is 0 Å². The highest BCUT2D eigenvalue weighted by molar-refractivity contribution is 7.20. The average Bonchev–Trinajstić information content (AvgIpc) is 2.95. The van der Waals surface area contributed by atoms with E-state index in [0.717, 1.165) is 4.70 Å². The Hall–Kier alpha value is -2.42. The molecule has 1 amide bonds. The first kappa shape index (κ1) is 18.4. The van der Waals surface area contributed by atoms with Crippen molar-refractivity contribution >= 4 is 33.3 Å². The zero-order valence-corrected chi connectivity index (χ0v) is 15.7. The van der Waals surface area contributed by atoms with Crippen molar-refractivity contribution in [1.82, 2.24) is 9.88 Å². The number of amides is 1. The molecule has 140 valence electrons. The number of hydrogen-bond acceptors (Lipinski definition) is 7. The quantitative estimate of drug-likeness (QED) is 0.591. The number of rotatable bonds is 3. The Morgan fingerprint density at radius 1 is 1.35 bits per heavy atom. The Morgan fingerprint density at radius 2 is 2.04 bits per heavy atom. The summed E-state index contributed by atoms with van der Waals surface area (Å²) in [5.41, 5.74) is 0.0685. The number of fused-ring (bicyclic) bond motifs is 1. The van der Waals surface area contributed by atoms with Crippen molar-refractivity contribution < 1.29 is 19.2 Å². The molecule has 2 heterocycles. The van der Waals surface area contributed by atoms with Crippen LogP contribution >= 0.6 is 11.3 Å². The molecular formula is C17H21N3O5S. The Morgan fingerprint density at radius 3 is 2.65 bits per heavy atom. The van der Waals surface area contributed by atoms with Crippen molar-refractivity contribution in [3.63, 3.8) is 0 Å². The molecule has 26 heavy (non-hydrogen) atoms. The topological polar surface area (TPSA) is 94.8 Å². The van der Waals surface area contributed by atoms with Gasteiger partial charge >= 0.3 is 6.09 Å². The van der Waals surface area contributed by atoms with Crippen LogP contribution in [0.3, 0.4) is 0 Å². The van der Waals surface area contributed by atoms with Gasteiger partial charge in [-0.3, -0.25) is 10.1 Å². The summed E-state index contributed by atoms with van der Waals surface area (Å²) >= 11 is 1.37. The van der Waals surface area contributed by atoms with Gasteiger partial charge in [0.25, 0.3) is 10.9 Å². The first-order chi connectivity index (χ1) is 12.2. The van der Waals surface area contributed by atoms with Gasteiger partial charge < -0.3 is 14.4 Å². The van der Waals surface area contributed by atoms with E-state index in [1.165, 1.54) is 23.5 Å². The Bertz CT molecular complexity index is 821. The Balaban J connectivity index is 1.58. The first-order valence-corrected chi connectivity index (χ1v) is 9.22. The second-order valence-corrected chi connectivity index (χ2v) is 8.17. The molecule has 9 heteroatoms. The molecule has 0 spiro atoms. The number of carbonyl (C=O) groups is 1. The molecule has 0 aliphatic carbocycles.